The molecular formula is C16H23N3O2S. The van der Waals surface area contributed by atoms with Crippen molar-refractivity contribution in [2.45, 2.75) is 38.8 Å². The summed E-state index contributed by atoms with van der Waals surface area (Å²) in [5, 5.41) is 6.79. The van der Waals surface area contributed by atoms with E-state index >= 15 is 0 Å². The molecule has 120 valence electrons. The van der Waals surface area contributed by atoms with E-state index in [9.17, 15) is 4.79 Å². The normalized spacial score (nSPS) is 20.3. The molecule has 1 amide bonds. The molecule has 1 heterocycles. The second kappa shape index (κ2) is 6.52. The maximum Gasteiger partial charge on any atom is 0.243 e. The van der Waals surface area contributed by atoms with Crippen LogP contribution in [-0.2, 0) is 4.79 Å². The average Bonchev–Trinajstić information content (AvgIpc) is 2.43. The summed E-state index contributed by atoms with van der Waals surface area (Å²) >= 11 is 5.39. The SMILES string of the molecule is COc1ccc(NC(=O)CN2C(=S)NC(C)(C)CC2C)cc1. The van der Waals surface area contributed by atoms with Gasteiger partial charge in [0, 0.05) is 17.3 Å². The first-order valence-corrected chi connectivity index (χ1v) is 7.74. The van der Waals surface area contributed by atoms with Crippen LogP contribution in [0.25, 0.3) is 0 Å². The fraction of sp³-hybridized carbons (Fsp3) is 0.500. The van der Waals surface area contributed by atoms with Crippen molar-refractivity contribution in [3.8, 4) is 5.75 Å². The Balaban J connectivity index is 1.95. The molecule has 1 aliphatic heterocycles. The smallest absolute Gasteiger partial charge is 0.243 e. The van der Waals surface area contributed by atoms with Crippen LogP contribution in [0.3, 0.4) is 0 Å². The van der Waals surface area contributed by atoms with Crippen molar-refractivity contribution in [2.24, 2.45) is 0 Å². The van der Waals surface area contributed by atoms with Crippen LogP contribution in [0.1, 0.15) is 27.2 Å². The second-order valence-corrected chi connectivity index (χ2v) is 6.66. The van der Waals surface area contributed by atoms with E-state index in [1.165, 1.54) is 0 Å². The number of methoxy groups -OCH3 is 1. The molecule has 1 aliphatic rings. The molecule has 0 bridgehead atoms. The van der Waals surface area contributed by atoms with E-state index in [2.05, 4.69) is 31.4 Å². The molecule has 1 fully saturated rings. The summed E-state index contributed by atoms with van der Waals surface area (Å²) in [5.74, 6) is 0.677. The Morgan fingerprint density at radius 1 is 1.45 bits per heavy atom. The van der Waals surface area contributed by atoms with Gasteiger partial charge >= 0.3 is 0 Å². The van der Waals surface area contributed by atoms with Crippen LogP contribution in [0.15, 0.2) is 24.3 Å². The van der Waals surface area contributed by atoms with Gasteiger partial charge in [-0.25, -0.2) is 0 Å². The number of amides is 1. The first kappa shape index (κ1) is 16.5. The quantitative estimate of drug-likeness (QED) is 0.834. The lowest BCUT2D eigenvalue weighted by Gasteiger charge is -2.44. The Bertz CT molecular complexity index is 557. The maximum absolute atomic E-state index is 12.2. The molecule has 0 saturated carbocycles. The van der Waals surface area contributed by atoms with E-state index in [0.717, 1.165) is 17.9 Å². The molecule has 6 heteroatoms. The maximum atomic E-state index is 12.2. The summed E-state index contributed by atoms with van der Waals surface area (Å²) in [5.41, 5.74) is 0.717. The van der Waals surface area contributed by atoms with Gasteiger partial charge in [0.05, 0.1) is 13.7 Å². The number of nitrogens with zero attached hydrogens (tertiary/aromatic N) is 1. The van der Waals surface area contributed by atoms with Gasteiger partial charge in [-0.2, -0.15) is 0 Å². The molecule has 22 heavy (non-hydrogen) atoms. The van der Waals surface area contributed by atoms with E-state index in [-0.39, 0.29) is 24.0 Å². The van der Waals surface area contributed by atoms with E-state index in [4.69, 9.17) is 17.0 Å². The topological polar surface area (TPSA) is 53.6 Å². The number of ether oxygens (including phenoxy) is 1. The number of carbonyl (C=O) groups excluding carboxylic acids is 1. The summed E-state index contributed by atoms with van der Waals surface area (Å²) in [6, 6.07) is 7.48. The number of carbonyl (C=O) groups is 1. The predicted molar refractivity (Wildman–Crippen MR) is 92.2 cm³/mol. The molecule has 0 radical (unpaired) electrons. The van der Waals surface area contributed by atoms with Crippen molar-refractivity contribution in [1.82, 2.24) is 10.2 Å². The van der Waals surface area contributed by atoms with E-state index in [1.54, 1.807) is 7.11 Å². The summed E-state index contributed by atoms with van der Waals surface area (Å²) in [7, 11) is 1.61. The first-order chi connectivity index (χ1) is 10.3. The molecule has 0 spiro atoms. The molecular weight excluding hydrogens is 298 g/mol. The third-order valence-corrected chi connectivity index (χ3v) is 4.07. The van der Waals surface area contributed by atoms with Crippen LogP contribution in [0.4, 0.5) is 5.69 Å². The summed E-state index contributed by atoms with van der Waals surface area (Å²) in [6.45, 7) is 6.57. The van der Waals surface area contributed by atoms with Crippen LogP contribution in [0.5, 0.6) is 5.75 Å². The zero-order valence-electron chi connectivity index (χ0n) is 13.5. The highest BCUT2D eigenvalue weighted by Crippen LogP contribution is 2.22. The Labute approximate surface area is 137 Å². The summed E-state index contributed by atoms with van der Waals surface area (Å²) < 4.78 is 5.10. The highest BCUT2D eigenvalue weighted by Gasteiger charge is 2.33. The molecule has 2 N–H and O–H groups in total. The Morgan fingerprint density at radius 2 is 2.09 bits per heavy atom. The van der Waals surface area contributed by atoms with E-state index < -0.39 is 0 Å². The van der Waals surface area contributed by atoms with E-state index in [1.807, 2.05) is 29.2 Å². The minimum absolute atomic E-state index is 0.0283. The van der Waals surface area contributed by atoms with Crippen LogP contribution >= 0.6 is 12.2 Å². The minimum atomic E-state index is -0.0825. The monoisotopic (exact) mass is 321 g/mol. The van der Waals surface area contributed by atoms with Gasteiger partial charge in [-0.1, -0.05) is 0 Å². The van der Waals surface area contributed by atoms with Gasteiger partial charge in [0.1, 0.15) is 5.75 Å². The molecule has 1 saturated heterocycles. The van der Waals surface area contributed by atoms with Crippen molar-refractivity contribution in [1.29, 1.82) is 0 Å². The van der Waals surface area contributed by atoms with Crippen LogP contribution in [-0.4, -0.2) is 41.2 Å². The number of nitrogens with one attached hydrogen (secondary N) is 2. The van der Waals surface area contributed by atoms with Crippen molar-refractivity contribution in [3.63, 3.8) is 0 Å². The van der Waals surface area contributed by atoms with Gasteiger partial charge < -0.3 is 20.3 Å². The molecule has 0 aromatic heterocycles. The molecule has 0 aliphatic carbocycles. The van der Waals surface area contributed by atoms with Crippen molar-refractivity contribution in [2.75, 3.05) is 19.0 Å². The second-order valence-electron chi connectivity index (χ2n) is 6.27. The first-order valence-electron chi connectivity index (χ1n) is 7.33. The van der Waals surface area contributed by atoms with E-state index in [0.29, 0.717) is 5.11 Å². The third kappa shape index (κ3) is 4.10. The van der Waals surface area contributed by atoms with Crippen molar-refractivity contribution in [3.05, 3.63) is 24.3 Å². The molecule has 1 aromatic carbocycles. The number of anilines is 1. The van der Waals surface area contributed by atoms with Crippen molar-refractivity contribution < 1.29 is 9.53 Å². The molecule has 2 rings (SSSR count). The highest BCUT2D eigenvalue weighted by molar-refractivity contribution is 7.80. The van der Waals surface area contributed by atoms with Gasteiger partial charge in [0.25, 0.3) is 0 Å². The van der Waals surface area contributed by atoms with Crippen LogP contribution < -0.4 is 15.4 Å². The minimum Gasteiger partial charge on any atom is -0.497 e. The van der Waals surface area contributed by atoms with Gasteiger partial charge in [-0.3, -0.25) is 4.79 Å². The van der Waals surface area contributed by atoms with Gasteiger partial charge in [-0.15, -0.1) is 0 Å². The lowest BCUT2D eigenvalue weighted by Crippen LogP contribution is -2.61. The lowest BCUT2D eigenvalue weighted by molar-refractivity contribution is -0.117. The number of hydrogen-bond donors (Lipinski definition) is 2. The summed E-state index contributed by atoms with van der Waals surface area (Å²) in [4.78, 5) is 14.1. The zero-order chi connectivity index (χ0) is 16.3. The molecule has 1 aromatic rings. The van der Waals surface area contributed by atoms with Crippen LogP contribution in [0, 0.1) is 0 Å². The van der Waals surface area contributed by atoms with Gasteiger partial charge in [0.15, 0.2) is 5.11 Å². The number of rotatable bonds is 4. The Hall–Kier alpha value is -1.82. The van der Waals surface area contributed by atoms with Gasteiger partial charge in [-0.05, 0) is 63.7 Å². The fourth-order valence-corrected chi connectivity index (χ4v) is 3.24. The number of thiocarbonyl (C=S) groups is 1. The van der Waals surface area contributed by atoms with Crippen molar-refractivity contribution >= 4 is 28.9 Å². The molecule has 1 atom stereocenters. The Morgan fingerprint density at radius 3 is 2.64 bits per heavy atom. The lowest BCUT2D eigenvalue weighted by atomic mass is 9.93. The molecule has 1 unspecified atom stereocenters. The fourth-order valence-electron chi connectivity index (χ4n) is 2.72. The summed E-state index contributed by atoms with van der Waals surface area (Å²) in [6.07, 6.45) is 0.933. The standard InChI is InChI=1S/C16H23N3O2S/c1-11-9-16(2,3)18-15(22)19(11)10-14(20)17-12-5-7-13(21-4)8-6-12/h5-8,11H,9-10H2,1-4H3,(H,17,20)(H,18,22). The Kier molecular flexibility index (Phi) is 4.90. The number of hydrogen-bond acceptors (Lipinski definition) is 3. The zero-order valence-corrected chi connectivity index (χ0v) is 14.3. The highest BCUT2D eigenvalue weighted by atomic mass is 32.1. The molecule has 5 nitrogen and oxygen atoms in total. The van der Waals surface area contributed by atoms with Crippen LogP contribution in [0.2, 0.25) is 0 Å². The largest absolute Gasteiger partial charge is 0.497 e. The van der Waals surface area contributed by atoms with Gasteiger partial charge in [0.2, 0.25) is 5.91 Å². The average molecular weight is 321 g/mol. The number of benzene rings is 1. The third-order valence-electron chi connectivity index (χ3n) is 3.73. The predicted octanol–water partition coefficient (Wildman–Crippen LogP) is 2.38.